The first-order valence-electron chi connectivity index (χ1n) is 10.4. The molecule has 5 heteroatoms. The van der Waals surface area contributed by atoms with Gasteiger partial charge in [-0.25, -0.2) is 4.79 Å². The maximum absolute atomic E-state index is 12.7. The molecule has 0 aliphatic carbocycles. The molecule has 3 rings (SSSR count). The number of likely N-dealkylation sites (tertiary alicyclic amines) is 1. The molecule has 0 spiro atoms. The average molecular weight is 387 g/mol. The fraction of sp³-hybridized carbons (Fsp3) is 0.609. The Labute approximate surface area is 169 Å². The summed E-state index contributed by atoms with van der Waals surface area (Å²) in [5.41, 5.74) is 1.45. The first kappa shape index (κ1) is 20.7. The van der Waals surface area contributed by atoms with Gasteiger partial charge >= 0.3 is 6.09 Å². The molecule has 0 N–H and O–H groups in total. The van der Waals surface area contributed by atoms with Crippen molar-refractivity contribution in [1.29, 1.82) is 0 Å². The van der Waals surface area contributed by atoms with E-state index in [2.05, 4.69) is 24.9 Å². The van der Waals surface area contributed by atoms with Gasteiger partial charge in [0, 0.05) is 19.6 Å². The molecule has 2 aliphatic rings. The van der Waals surface area contributed by atoms with Crippen LogP contribution in [0.4, 0.5) is 4.79 Å². The average Bonchev–Trinajstić information content (AvgIpc) is 2.63. The van der Waals surface area contributed by atoms with Crippen molar-refractivity contribution < 1.29 is 14.3 Å². The van der Waals surface area contributed by atoms with E-state index in [9.17, 15) is 4.79 Å². The minimum absolute atomic E-state index is 0.281. The number of ether oxygens (including phenoxy) is 2. The van der Waals surface area contributed by atoms with Gasteiger partial charge in [0.2, 0.25) is 0 Å². The Morgan fingerprint density at radius 2 is 1.75 bits per heavy atom. The van der Waals surface area contributed by atoms with Gasteiger partial charge in [-0.05, 0) is 82.8 Å². The van der Waals surface area contributed by atoms with Gasteiger partial charge in [0.25, 0.3) is 0 Å². The van der Waals surface area contributed by atoms with Crippen molar-refractivity contribution in [3.63, 3.8) is 0 Å². The molecule has 1 aromatic rings. The minimum Gasteiger partial charge on any atom is -0.490 e. The van der Waals surface area contributed by atoms with Crippen molar-refractivity contribution in [2.24, 2.45) is 5.92 Å². The highest BCUT2D eigenvalue weighted by atomic mass is 16.6. The predicted molar refractivity (Wildman–Crippen MR) is 112 cm³/mol. The zero-order chi connectivity index (χ0) is 20.3. The molecule has 1 saturated heterocycles. The van der Waals surface area contributed by atoms with E-state index in [1.807, 2.05) is 45.0 Å². The van der Waals surface area contributed by atoms with Crippen LogP contribution in [-0.2, 0) is 4.74 Å². The molecule has 2 heterocycles. The molecular formula is C23H34N2O3. The predicted octanol–water partition coefficient (Wildman–Crippen LogP) is 4.78. The molecule has 1 unspecified atom stereocenters. The van der Waals surface area contributed by atoms with E-state index in [4.69, 9.17) is 9.47 Å². The van der Waals surface area contributed by atoms with Crippen LogP contribution in [0, 0.1) is 5.92 Å². The normalized spacial score (nSPS) is 22.0. The summed E-state index contributed by atoms with van der Waals surface area (Å²) in [6, 6.07) is 8.12. The third kappa shape index (κ3) is 5.51. The fourth-order valence-electron chi connectivity index (χ4n) is 3.67. The first-order chi connectivity index (χ1) is 13.2. The number of hydrogen-bond donors (Lipinski definition) is 0. The summed E-state index contributed by atoms with van der Waals surface area (Å²) in [5, 5.41) is 0. The molecule has 0 aromatic heterocycles. The van der Waals surface area contributed by atoms with E-state index in [0.717, 1.165) is 49.4 Å². The molecule has 0 bridgehead atoms. The number of carbonyl (C=O) groups is 1. The van der Waals surface area contributed by atoms with E-state index < -0.39 is 5.60 Å². The molecule has 154 valence electrons. The zero-order valence-corrected chi connectivity index (χ0v) is 17.9. The van der Waals surface area contributed by atoms with Crippen LogP contribution >= 0.6 is 0 Å². The Kier molecular flexibility index (Phi) is 6.33. The molecule has 28 heavy (non-hydrogen) atoms. The van der Waals surface area contributed by atoms with Gasteiger partial charge in [-0.2, -0.15) is 0 Å². The third-order valence-corrected chi connectivity index (χ3v) is 5.23. The smallest absolute Gasteiger partial charge is 0.414 e. The highest BCUT2D eigenvalue weighted by Crippen LogP contribution is 2.30. The van der Waals surface area contributed by atoms with E-state index >= 15 is 0 Å². The highest BCUT2D eigenvalue weighted by Gasteiger charge is 2.29. The van der Waals surface area contributed by atoms with Gasteiger partial charge in [0.1, 0.15) is 17.5 Å². The van der Waals surface area contributed by atoms with Gasteiger partial charge in [-0.15, -0.1) is 0 Å². The summed E-state index contributed by atoms with van der Waals surface area (Å²) >= 11 is 0. The van der Waals surface area contributed by atoms with Crippen LogP contribution in [0.3, 0.4) is 0 Å². The summed E-state index contributed by atoms with van der Waals surface area (Å²) in [4.78, 5) is 16.8. The number of nitrogens with zero attached hydrogens (tertiary/aromatic N) is 2. The molecule has 1 aromatic carbocycles. The van der Waals surface area contributed by atoms with Gasteiger partial charge in [-0.3, -0.25) is 4.90 Å². The Balaban J connectivity index is 1.70. The van der Waals surface area contributed by atoms with Crippen molar-refractivity contribution in [3.05, 3.63) is 35.9 Å². The minimum atomic E-state index is -0.505. The quantitative estimate of drug-likeness (QED) is 0.750. The molecule has 0 saturated carbocycles. The van der Waals surface area contributed by atoms with Crippen molar-refractivity contribution >= 4 is 11.8 Å². The van der Waals surface area contributed by atoms with Crippen molar-refractivity contribution in [3.8, 4) is 5.75 Å². The van der Waals surface area contributed by atoms with Gasteiger partial charge in [0.05, 0.1) is 5.70 Å². The number of carbonyl (C=O) groups excluding carboxylic acids is 1. The lowest BCUT2D eigenvalue weighted by Gasteiger charge is -2.34. The number of piperidine rings is 1. The van der Waals surface area contributed by atoms with Crippen molar-refractivity contribution in [2.75, 3.05) is 26.7 Å². The van der Waals surface area contributed by atoms with E-state index in [-0.39, 0.29) is 12.2 Å². The highest BCUT2D eigenvalue weighted by molar-refractivity contribution is 5.83. The number of hydrogen-bond acceptors (Lipinski definition) is 4. The van der Waals surface area contributed by atoms with E-state index in [1.165, 1.54) is 0 Å². The van der Waals surface area contributed by atoms with Gasteiger partial charge in [-0.1, -0.05) is 13.0 Å². The Bertz CT molecular complexity index is 698. The lowest BCUT2D eigenvalue weighted by atomic mass is 9.98. The molecule has 1 fully saturated rings. The molecular weight excluding hydrogens is 352 g/mol. The summed E-state index contributed by atoms with van der Waals surface area (Å²) in [5.74, 6) is 1.32. The molecule has 0 radical (unpaired) electrons. The maximum Gasteiger partial charge on any atom is 0.414 e. The fourth-order valence-corrected chi connectivity index (χ4v) is 3.67. The van der Waals surface area contributed by atoms with E-state index in [1.54, 1.807) is 4.90 Å². The second kappa shape index (κ2) is 8.56. The lowest BCUT2D eigenvalue weighted by molar-refractivity contribution is 0.0327. The van der Waals surface area contributed by atoms with Crippen LogP contribution in [0.1, 0.15) is 52.5 Å². The Morgan fingerprint density at radius 1 is 1.11 bits per heavy atom. The number of rotatable bonds is 3. The second-order valence-electron chi connectivity index (χ2n) is 9.17. The van der Waals surface area contributed by atoms with Crippen molar-refractivity contribution in [1.82, 2.24) is 9.80 Å². The summed E-state index contributed by atoms with van der Waals surface area (Å²) in [6.07, 6.45) is 5.24. The van der Waals surface area contributed by atoms with Crippen LogP contribution in [0.15, 0.2) is 30.3 Å². The van der Waals surface area contributed by atoms with Crippen molar-refractivity contribution in [2.45, 2.75) is 58.7 Å². The Hall–Kier alpha value is -2.01. The molecule has 1 amide bonds. The number of allylic oxidation sites excluding steroid dienone is 1. The largest absolute Gasteiger partial charge is 0.490 e. The molecule has 5 nitrogen and oxygen atoms in total. The number of benzene rings is 1. The van der Waals surface area contributed by atoms with E-state index in [0.29, 0.717) is 12.5 Å². The van der Waals surface area contributed by atoms with Gasteiger partial charge < -0.3 is 14.4 Å². The lowest BCUT2D eigenvalue weighted by Crippen LogP contribution is -2.39. The SMILES string of the molecule is CC1CC=C(c2ccc(OC3CCN(C)CC3)cc2)N(C(=O)OC(C)(C)C)C1. The zero-order valence-electron chi connectivity index (χ0n) is 17.9. The van der Waals surface area contributed by atoms with Crippen LogP contribution in [-0.4, -0.2) is 54.3 Å². The molecule has 2 aliphatic heterocycles. The second-order valence-corrected chi connectivity index (χ2v) is 9.17. The number of amides is 1. The monoisotopic (exact) mass is 386 g/mol. The summed E-state index contributed by atoms with van der Waals surface area (Å²) < 4.78 is 11.8. The maximum atomic E-state index is 12.7. The molecule has 1 atom stereocenters. The third-order valence-electron chi connectivity index (χ3n) is 5.23. The Morgan fingerprint density at radius 3 is 2.36 bits per heavy atom. The summed E-state index contributed by atoms with van der Waals surface area (Å²) in [7, 11) is 2.15. The van der Waals surface area contributed by atoms with Crippen LogP contribution < -0.4 is 4.74 Å². The topological polar surface area (TPSA) is 42.0 Å². The first-order valence-corrected chi connectivity index (χ1v) is 10.4. The standard InChI is InChI=1S/C23H34N2O3/c1-17-6-11-21(25(16-17)22(26)28-23(2,3)4)18-7-9-19(10-8-18)27-20-12-14-24(5)15-13-20/h7-11,17,20H,6,12-16H2,1-5H3. The van der Waals surface area contributed by atoms with Crippen LogP contribution in [0.5, 0.6) is 5.75 Å². The van der Waals surface area contributed by atoms with Gasteiger partial charge in [0.15, 0.2) is 0 Å². The van der Waals surface area contributed by atoms with Crippen LogP contribution in [0.25, 0.3) is 5.70 Å². The summed E-state index contributed by atoms with van der Waals surface area (Å²) in [6.45, 7) is 10.7. The van der Waals surface area contributed by atoms with Crippen LogP contribution in [0.2, 0.25) is 0 Å².